The number of benzene rings is 2. The summed E-state index contributed by atoms with van der Waals surface area (Å²) in [5, 5.41) is 12.7. The van der Waals surface area contributed by atoms with Crippen LogP contribution in [0.5, 0.6) is 11.5 Å². The van der Waals surface area contributed by atoms with E-state index in [4.69, 9.17) is 22.1 Å². The molecule has 0 saturated carbocycles. The minimum atomic E-state index is -0.340. The third-order valence-corrected chi connectivity index (χ3v) is 3.37. The van der Waals surface area contributed by atoms with Crippen LogP contribution in [0.4, 0.5) is 5.69 Å². The van der Waals surface area contributed by atoms with Crippen LogP contribution in [-0.4, -0.2) is 18.1 Å². The fourth-order valence-corrected chi connectivity index (χ4v) is 2.09. The molecule has 0 unspecified atom stereocenters. The van der Waals surface area contributed by atoms with Crippen molar-refractivity contribution < 1.29 is 14.6 Å². The van der Waals surface area contributed by atoms with Crippen LogP contribution >= 0.6 is 11.6 Å². The number of anilines is 1. The topological polar surface area (TPSA) is 84.6 Å². The number of halogens is 1. The van der Waals surface area contributed by atoms with Crippen molar-refractivity contribution in [2.45, 2.75) is 6.54 Å². The average Bonchev–Trinajstić information content (AvgIpc) is 2.48. The van der Waals surface area contributed by atoms with Gasteiger partial charge in [0.2, 0.25) is 0 Å². The minimum absolute atomic E-state index is 0.127. The Bertz CT molecular complexity index is 674. The van der Waals surface area contributed by atoms with Crippen LogP contribution in [0.3, 0.4) is 0 Å². The number of phenolic OH excluding ortho intramolecular Hbond substituents is 1. The van der Waals surface area contributed by atoms with Crippen LogP contribution in [0.1, 0.15) is 15.9 Å². The van der Waals surface area contributed by atoms with Crippen molar-refractivity contribution in [3.05, 3.63) is 52.5 Å². The highest BCUT2D eigenvalue weighted by Crippen LogP contribution is 2.26. The predicted molar refractivity (Wildman–Crippen MR) is 81.7 cm³/mol. The molecule has 0 aliphatic heterocycles. The first kappa shape index (κ1) is 15.0. The summed E-state index contributed by atoms with van der Waals surface area (Å²) < 4.78 is 5.21. The van der Waals surface area contributed by atoms with Gasteiger partial charge in [-0.1, -0.05) is 17.7 Å². The SMILES string of the molecule is COc1cccc(Cl)c1CNC(=O)c1ccc(N)c(O)c1. The fraction of sp³-hybridized carbons (Fsp3) is 0.133. The average molecular weight is 307 g/mol. The van der Waals surface area contributed by atoms with Crippen LogP contribution < -0.4 is 15.8 Å². The van der Waals surface area contributed by atoms with Gasteiger partial charge in [0.25, 0.3) is 5.91 Å². The molecule has 0 saturated heterocycles. The molecule has 0 aromatic heterocycles. The molecule has 0 bridgehead atoms. The van der Waals surface area contributed by atoms with E-state index in [0.29, 0.717) is 21.9 Å². The minimum Gasteiger partial charge on any atom is -0.506 e. The molecular formula is C15H15ClN2O3. The van der Waals surface area contributed by atoms with E-state index in [1.54, 1.807) is 18.2 Å². The second-order valence-electron chi connectivity index (χ2n) is 4.38. The fourth-order valence-electron chi connectivity index (χ4n) is 1.86. The number of carbonyl (C=O) groups excluding carboxylic acids is 1. The van der Waals surface area contributed by atoms with Crippen molar-refractivity contribution in [1.29, 1.82) is 0 Å². The molecule has 2 aromatic rings. The van der Waals surface area contributed by atoms with Gasteiger partial charge in [0.1, 0.15) is 11.5 Å². The van der Waals surface area contributed by atoms with Crippen molar-refractivity contribution in [3.8, 4) is 11.5 Å². The van der Waals surface area contributed by atoms with Crippen LogP contribution in [0.15, 0.2) is 36.4 Å². The molecule has 0 atom stereocenters. The Morgan fingerprint density at radius 1 is 1.38 bits per heavy atom. The number of rotatable bonds is 4. The number of phenols is 1. The normalized spacial score (nSPS) is 10.2. The highest BCUT2D eigenvalue weighted by atomic mass is 35.5. The summed E-state index contributed by atoms with van der Waals surface area (Å²) in [5.41, 5.74) is 6.72. The summed E-state index contributed by atoms with van der Waals surface area (Å²) in [6.07, 6.45) is 0. The van der Waals surface area contributed by atoms with E-state index in [1.807, 2.05) is 0 Å². The lowest BCUT2D eigenvalue weighted by atomic mass is 10.1. The highest BCUT2D eigenvalue weighted by molar-refractivity contribution is 6.31. The first-order valence-corrected chi connectivity index (χ1v) is 6.58. The quantitative estimate of drug-likeness (QED) is 0.598. The summed E-state index contributed by atoms with van der Waals surface area (Å²) in [6.45, 7) is 0.215. The van der Waals surface area contributed by atoms with Gasteiger partial charge in [-0.25, -0.2) is 0 Å². The van der Waals surface area contributed by atoms with E-state index < -0.39 is 0 Å². The molecule has 110 valence electrons. The second kappa shape index (κ2) is 6.37. The van der Waals surface area contributed by atoms with E-state index >= 15 is 0 Å². The largest absolute Gasteiger partial charge is 0.506 e. The number of amides is 1. The van der Waals surface area contributed by atoms with E-state index in [-0.39, 0.29) is 23.9 Å². The van der Waals surface area contributed by atoms with Crippen molar-refractivity contribution in [3.63, 3.8) is 0 Å². The number of nitrogens with one attached hydrogen (secondary N) is 1. The summed E-state index contributed by atoms with van der Waals surface area (Å²) in [5.74, 6) is 0.133. The zero-order valence-corrected chi connectivity index (χ0v) is 12.1. The van der Waals surface area contributed by atoms with Crippen LogP contribution in [0.2, 0.25) is 5.02 Å². The van der Waals surface area contributed by atoms with Crippen LogP contribution in [-0.2, 0) is 6.54 Å². The molecule has 0 radical (unpaired) electrons. The molecule has 21 heavy (non-hydrogen) atoms. The zero-order chi connectivity index (χ0) is 15.4. The molecular weight excluding hydrogens is 292 g/mol. The van der Waals surface area contributed by atoms with Gasteiger partial charge in [-0.2, -0.15) is 0 Å². The Morgan fingerprint density at radius 3 is 2.81 bits per heavy atom. The third kappa shape index (κ3) is 3.38. The maximum Gasteiger partial charge on any atom is 0.251 e. The van der Waals surface area contributed by atoms with Gasteiger partial charge < -0.3 is 20.9 Å². The molecule has 0 fully saturated rings. The predicted octanol–water partition coefficient (Wildman–Crippen LogP) is 2.57. The first-order chi connectivity index (χ1) is 10.0. The van der Waals surface area contributed by atoms with Gasteiger partial charge in [0, 0.05) is 22.7 Å². The molecule has 5 nitrogen and oxygen atoms in total. The summed E-state index contributed by atoms with van der Waals surface area (Å²) >= 11 is 6.10. The molecule has 0 heterocycles. The second-order valence-corrected chi connectivity index (χ2v) is 4.78. The maximum absolute atomic E-state index is 12.0. The van der Waals surface area contributed by atoms with Gasteiger partial charge >= 0.3 is 0 Å². The van der Waals surface area contributed by atoms with Gasteiger partial charge in [-0.15, -0.1) is 0 Å². The molecule has 1 amide bonds. The Hall–Kier alpha value is -2.40. The molecule has 6 heteroatoms. The lowest BCUT2D eigenvalue weighted by molar-refractivity contribution is 0.0950. The molecule has 0 spiro atoms. The Labute approximate surface area is 127 Å². The number of hydrogen-bond donors (Lipinski definition) is 3. The van der Waals surface area contributed by atoms with E-state index in [0.717, 1.165) is 0 Å². The summed E-state index contributed by atoms with van der Waals surface area (Å²) in [4.78, 5) is 12.0. The lowest BCUT2D eigenvalue weighted by Gasteiger charge is -2.11. The number of nitrogen functional groups attached to an aromatic ring is 1. The third-order valence-electron chi connectivity index (χ3n) is 3.01. The summed E-state index contributed by atoms with van der Waals surface area (Å²) in [6, 6.07) is 9.58. The van der Waals surface area contributed by atoms with Crippen LogP contribution in [0, 0.1) is 0 Å². The number of nitrogens with two attached hydrogens (primary N) is 1. The van der Waals surface area contributed by atoms with Crippen molar-refractivity contribution >= 4 is 23.2 Å². The van der Waals surface area contributed by atoms with Crippen molar-refractivity contribution in [1.82, 2.24) is 5.32 Å². The monoisotopic (exact) mass is 306 g/mol. The van der Waals surface area contributed by atoms with Crippen LogP contribution in [0.25, 0.3) is 0 Å². The molecule has 4 N–H and O–H groups in total. The first-order valence-electron chi connectivity index (χ1n) is 6.21. The Kier molecular flexibility index (Phi) is 4.55. The van der Waals surface area contributed by atoms with E-state index in [9.17, 15) is 9.90 Å². The molecule has 0 aliphatic rings. The Balaban J connectivity index is 2.13. The maximum atomic E-state index is 12.0. The number of aromatic hydroxyl groups is 1. The van der Waals surface area contributed by atoms with Gasteiger partial charge in [-0.05, 0) is 30.3 Å². The van der Waals surface area contributed by atoms with Gasteiger partial charge in [-0.3, -0.25) is 4.79 Å². The lowest BCUT2D eigenvalue weighted by Crippen LogP contribution is -2.23. The number of methoxy groups -OCH3 is 1. The Morgan fingerprint density at radius 2 is 2.14 bits per heavy atom. The summed E-state index contributed by atoms with van der Waals surface area (Å²) in [7, 11) is 1.54. The standard InChI is InChI=1S/C15H15ClN2O3/c1-21-14-4-2-3-11(16)10(14)8-18-15(20)9-5-6-12(17)13(19)7-9/h2-7,19H,8,17H2,1H3,(H,18,20). The number of hydrogen-bond acceptors (Lipinski definition) is 4. The molecule has 2 aromatic carbocycles. The highest BCUT2D eigenvalue weighted by Gasteiger charge is 2.11. The van der Waals surface area contributed by atoms with E-state index in [2.05, 4.69) is 5.32 Å². The zero-order valence-electron chi connectivity index (χ0n) is 11.4. The molecule has 0 aliphatic carbocycles. The smallest absolute Gasteiger partial charge is 0.251 e. The van der Waals surface area contributed by atoms with Gasteiger partial charge in [0.05, 0.1) is 12.8 Å². The van der Waals surface area contributed by atoms with Crippen molar-refractivity contribution in [2.75, 3.05) is 12.8 Å². The molecule has 2 rings (SSSR count). The van der Waals surface area contributed by atoms with E-state index in [1.165, 1.54) is 25.3 Å². The number of ether oxygens (including phenoxy) is 1. The van der Waals surface area contributed by atoms with Crippen molar-refractivity contribution in [2.24, 2.45) is 0 Å². The van der Waals surface area contributed by atoms with Gasteiger partial charge in [0.15, 0.2) is 0 Å². The number of carbonyl (C=O) groups is 1.